The maximum Gasteiger partial charge on any atom is 0.237 e. The number of thioether (sulfide) groups is 1. The third-order valence-corrected chi connectivity index (χ3v) is 5.68. The minimum absolute atomic E-state index is 0.486. The summed E-state index contributed by atoms with van der Waals surface area (Å²) >= 11 is 1.50. The van der Waals surface area contributed by atoms with Crippen LogP contribution in [0.4, 0.5) is 0 Å². The van der Waals surface area contributed by atoms with Crippen LogP contribution < -0.4 is 0 Å². The number of rotatable bonds is 6. The minimum Gasteiger partial charge on any atom is -0.338 e. The molecule has 0 fully saturated rings. The largest absolute Gasteiger partial charge is 0.338 e. The molecule has 0 unspecified atom stereocenters. The predicted molar refractivity (Wildman–Crippen MR) is 119 cm³/mol. The fourth-order valence-corrected chi connectivity index (χ4v) is 4.02. The topological polar surface area (TPSA) is 82.5 Å². The molecule has 5 aromatic rings. The van der Waals surface area contributed by atoms with Crippen LogP contribution in [0.5, 0.6) is 0 Å². The van der Waals surface area contributed by atoms with Gasteiger partial charge in [-0.15, -0.1) is 10.2 Å². The van der Waals surface area contributed by atoms with Crippen molar-refractivity contribution in [2.75, 3.05) is 0 Å². The van der Waals surface area contributed by atoms with Gasteiger partial charge in [-0.05, 0) is 36.8 Å². The number of hydrogen-bond acceptors (Lipinski definition) is 7. The standard InChI is InChI=1S/C23H18N6OS/c1-16-7-5-6-10-19(16)21-25-20(30-28-21)15-31-23-27-26-22(17-11-13-24-14-12-17)29(23)18-8-3-2-4-9-18/h2-14H,15H2,1H3. The summed E-state index contributed by atoms with van der Waals surface area (Å²) < 4.78 is 7.51. The molecule has 0 bridgehead atoms. The van der Waals surface area contributed by atoms with Gasteiger partial charge in [0.05, 0.1) is 5.75 Å². The van der Waals surface area contributed by atoms with E-state index in [1.165, 1.54) is 11.8 Å². The van der Waals surface area contributed by atoms with Crippen molar-refractivity contribution in [3.8, 4) is 28.5 Å². The van der Waals surface area contributed by atoms with Crippen LogP contribution in [0.15, 0.2) is 88.8 Å². The SMILES string of the molecule is Cc1ccccc1-c1noc(CSc2nnc(-c3ccncc3)n2-c2ccccc2)n1. The van der Waals surface area contributed by atoms with Gasteiger partial charge in [-0.2, -0.15) is 4.98 Å². The number of para-hydroxylation sites is 1. The Morgan fingerprint density at radius 2 is 1.68 bits per heavy atom. The molecule has 0 spiro atoms. The molecule has 152 valence electrons. The lowest BCUT2D eigenvalue weighted by molar-refractivity contribution is 0.391. The first-order valence-corrected chi connectivity index (χ1v) is 10.7. The molecule has 0 aliphatic heterocycles. The molecular formula is C23H18N6OS. The van der Waals surface area contributed by atoms with Gasteiger partial charge in [0.1, 0.15) is 0 Å². The highest BCUT2D eigenvalue weighted by Crippen LogP contribution is 2.30. The minimum atomic E-state index is 0.486. The lowest BCUT2D eigenvalue weighted by Gasteiger charge is -2.09. The molecule has 7 nitrogen and oxygen atoms in total. The molecular weight excluding hydrogens is 408 g/mol. The van der Waals surface area contributed by atoms with Crippen molar-refractivity contribution in [3.63, 3.8) is 0 Å². The summed E-state index contributed by atoms with van der Waals surface area (Å²) in [5.74, 6) is 2.37. The first-order chi connectivity index (χ1) is 15.3. The third-order valence-electron chi connectivity index (χ3n) is 4.77. The first-order valence-electron chi connectivity index (χ1n) is 9.72. The van der Waals surface area contributed by atoms with Crippen molar-refractivity contribution in [2.45, 2.75) is 17.8 Å². The Morgan fingerprint density at radius 1 is 0.903 bits per heavy atom. The summed E-state index contributed by atoms with van der Waals surface area (Å²) in [6, 6.07) is 21.9. The van der Waals surface area contributed by atoms with E-state index in [9.17, 15) is 0 Å². The van der Waals surface area contributed by atoms with Crippen molar-refractivity contribution in [1.29, 1.82) is 0 Å². The van der Waals surface area contributed by atoms with Crippen LogP contribution in [-0.2, 0) is 5.75 Å². The molecule has 0 saturated heterocycles. The Bertz CT molecular complexity index is 1300. The van der Waals surface area contributed by atoms with Crippen LogP contribution in [0.2, 0.25) is 0 Å². The molecule has 0 radical (unpaired) electrons. The lowest BCUT2D eigenvalue weighted by Crippen LogP contribution is -1.99. The molecule has 0 N–H and O–H groups in total. The summed E-state index contributed by atoms with van der Waals surface area (Å²) in [4.78, 5) is 8.66. The van der Waals surface area contributed by atoms with E-state index in [-0.39, 0.29) is 0 Å². The average molecular weight is 427 g/mol. The van der Waals surface area contributed by atoms with Gasteiger partial charge in [0.25, 0.3) is 0 Å². The number of aryl methyl sites for hydroxylation is 1. The second-order valence-electron chi connectivity index (χ2n) is 6.83. The third kappa shape index (κ3) is 3.97. The predicted octanol–water partition coefficient (Wildman–Crippen LogP) is 4.98. The highest BCUT2D eigenvalue weighted by molar-refractivity contribution is 7.98. The molecule has 0 atom stereocenters. The Balaban J connectivity index is 1.44. The van der Waals surface area contributed by atoms with E-state index in [0.717, 1.165) is 33.4 Å². The quantitative estimate of drug-likeness (QED) is 0.354. The van der Waals surface area contributed by atoms with Crippen molar-refractivity contribution in [3.05, 3.63) is 90.6 Å². The molecule has 2 aromatic carbocycles. The van der Waals surface area contributed by atoms with Gasteiger partial charge in [-0.1, -0.05) is 59.4 Å². The van der Waals surface area contributed by atoms with Crippen LogP contribution in [0, 0.1) is 6.92 Å². The van der Waals surface area contributed by atoms with E-state index in [1.807, 2.05) is 78.2 Å². The van der Waals surface area contributed by atoms with Crippen molar-refractivity contribution in [1.82, 2.24) is 29.9 Å². The summed E-state index contributed by atoms with van der Waals surface area (Å²) in [5, 5.41) is 13.8. The molecule has 31 heavy (non-hydrogen) atoms. The molecule has 0 aliphatic rings. The highest BCUT2D eigenvalue weighted by atomic mass is 32.2. The number of aromatic nitrogens is 6. The van der Waals surface area contributed by atoms with E-state index >= 15 is 0 Å². The fraction of sp³-hybridized carbons (Fsp3) is 0.0870. The summed E-state index contributed by atoms with van der Waals surface area (Å²) in [7, 11) is 0. The monoisotopic (exact) mass is 426 g/mol. The van der Waals surface area contributed by atoms with Crippen LogP contribution >= 0.6 is 11.8 Å². The van der Waals surface area contributed by atoms with Crippen LogP contribution in [0.25, 0.3) is 28.5 Å². The molecule has 0 saturated carbocycles. The maximum absolute atomic E-state index is 5.49. The summed E-state index contributed by atoms with van der Waals surface area (Å²) in [5.41, 5.74) is 3.99. The Morgan fingerprint density at radius 3 is 2.48 bits per heavy atom. The van der Waals surface area contributed by atoms with Gasteiger partial charge in [0, 0.05) is 29.2 Å². The zero-order chi connectivity index (χ0) is 21.0. The Kier molecular flexibility index (Phi) is 5.28. The highest BCUT2D eigenvalue weighted by Gasteiger charge is 2.18. The smallest absolute Gasteiger partial charge is 0.237 e. The average Bonchev–Trinajstić information content (AvgIpc) is 3.46. The molecule has 5 rings (SSSR count). The molecule has 0 aliphatic carbocycles. The van der Waals surface area contributed by atoms with E-state index in [1.54, 1.807) is 12.4 Å². The van der Waals surface area contributed by atoms with Crippen molar-refractivity contribution in [2.24, 2.45) is 0 Å². The zero-order valence-electron chi connectivity index (χ0n) is 16.7. The van der Waals surface area contributed by atoms with Gasteiger partial charge < -0.3 is 4.52 Å². The Hall–Kier alpha value is -3.78. The maximum atomic E-state index is 5.49. The zero-order valence-corrected chi connectivity index (χ0v) is 17.5. The number of benzene rings is 2. The molecule has 3 aromatic heterocycles. The number of hydrogen-bond donors (Lipinski definition) is 0. The fourth-order valence-electron chi connectivity index (χ4n) is 3.23. The van der Waals surface area contributed by atoms with Crippen LogP contribution in [-0.4, -0.2) is 29.9 Å². The number of nitrogens with zero attached hydrogens (tertiary/aromatic N) is 6. The molecule has 0 amide bonds. The lowest BCUT2D eigenvalue weighted by atomic mass is 10.1. The number of pyridine rings is 1. The van der Waals surface area contributed by atoms with Gasteiger partial charge >= 0.3 is 0 Å². The molecule has 3 heterocycles. The van der Waals surface area contributed by atoms with Gasteiger partial charge in [-0.25, -0.2) is 0 Å². The van der Waals surface area contributed by atoms with Crippen molar-refractivity contribution >= 4 is 11.8 Å². The molecule has 8 heteroatoms. The summed E-state index contributed by atoms with van der Waals surface area (Å²) in [6.45, 7) is 2.03. The summed E-state index contributed by atoms with van der Waals surface area (Å²) in [6.07, 6.45) is 3.50. The Labute approximate surface area is 183 Å². The van der Waals surface area contributed by atoms with E-state index in [2.05, 4.69) is 25.3 Å². The van der Waals surface area contributed by atoms with Crippen LogP contribution in [0.1, 0.15) is 11.5 Å². The van der Waals surface area contributed by atoms with E-state index in [4.69, 9.17) is 4.52 Å². The van der Waals surface area contributed by atoms with E-state index in [0.29, 0.717) is 17.5 Å². The van der Waals surface area contributed by atoms with Gasteiger partial charge in [0.2, 0.25) is 11.7 Å². The second-order valence-corrected chi connectivity index (χ2v) is 7.77. The van der Waals surface area contributed by atoms with E-state index < -0.39 is 0 Å². The van der Waals surface area contributed by atoms with Gasteiger partial charge in [0.15, 0.2) is 11.0 Å². The van der Waals surface area contributed by atoms with Gasteiger partial charge in [-0.3, -0.25) is 9.55 Å². The second kappa shape index (κ2) is 8.53. The van der Waals surface area contributed by atoms with Crippen LogP contribution in [0.3, 0.4) is 0 Å². The first kappa shape index (κ1) is 19.2. The van der Waals surface area contributed by atoms with Crippen molar-refractivity contribution < 1.29 is 4.52 Å². The normalized spacial score (nSPS) is 11.0.